The van der Waals surface area contributed by atoms with E-state index in [0.717, 1.165) is 5.56 Å². The maximum atomic E-state index is 5.39. The molecule has 1 aliphatic carbocycles. The van der Waals surface area contributed by atoms with Crippen molar-refractivity contribution in [1.82, 2.24) is 0 Å². The van der Waals surface area contributed by atoms with Gasteiger partial charge in [-0.05, 0) is 27.8 Å². The Balaban J connectivity index is 1.69. The van der Waals surface area contributed by atoms with Crippen molar-refractivity contribution in [3.8, 4) is 0 Å². The molecule has 1 saturated carbocycles. The van der Waals surface area contributed by atoms with Gasteiger partial charge in [0, 0.05) is 6.21 Å². The van der Waals surface area contributed by atoms with Crippen molar-refractivity contribution >= 4 is 6.21 Å². The lowest BCUT2D eigenvalue weighted by Crippen LogP contribution is -2.25. The molecule has 0 N–H and O–H groups in total. The normalized spacial score (nSPS) is 16.2. The van der Waals surface area contributed by atoms with E-state index in [1.165, 1.54) is 22.3 Å². The summed E-state index contributed by atoms with van der Waals surface area (Å²) in [7, 11) is 0. The van der Waals surface area contributed by atoms with Crippen LogP contribution in [0.25, 0.3) is 0 Å². The third-order valence-corrected chi connectivity index (χ3v) is 7.45. The van der Waals surface area contributed by atoms with Crippen LogP contribution in [0, 0.1) is 0 Å². The van der Waals surface area contributed by atoms with E-state index in [1.54, 1.807) is 0 Å². The SMILES string of the molecule is C(=NC1C(c2ccccc2)(c2ccccc2)C1(c1ccccc1)c1ccccc1)c1ccccc1. The minimum atomic E-state index is -0.344. The van der Waals surface area contributed by atoms with E-state index in [0.29, 0.717) is 0 Å². The Kier molecular flexibility index (Phi) is 5.39. The average molecular weight is 450 g/mol. The zero-order valence-corrected chi connectivity index (χ0v) is 19.5. The second kappa shape index (κ2) is 8.85. The number of hydrogen-bond donors (Lipinski definition) is 0. The molecular formula is C34H27N. The van der Waals surface area contributed by atoms with Gasteiger partial charge in [-0.3, -0.25) is 4.99 Å². The molecule has 5 aromatic rings. The van der Waals surface area contributed by atoms with Crippen LogP contribution in [0.4, 0.5) is 0 Å². The Morgan fingerprint density at radius 2 is 0.686 bits per heavy atom. The van der Waals surface area contributed by atoms with Crippen LogP contribution in [0.2, 0.25) is 0 Å². The van der Waals surface area contributed by atoms with E-state index in [9.17, 15) is 0 Å². The van der Waals surface area contributed by atoms with Crippen LogP contribution in [0.15, 0.2) is 157 Å². The van der Waals surface area contributed by atoms with Gasteiger partial charge in [0.05, 0.1) is 16.9 Å². The number of benzene rings is 5. The molecule has 1 fully saturated rings. The summed E-state index contributed by atoms with van der Waals surface area (Å²) in [5.74, 6) is 0. The summed E-state index contributed by atoms with van der Waals surface area (Å²) in [5.41, 5.74) is 5.57. The second-order valence-electron chi connectivity index (χ2n) is 9.17. The van der Waals surface area contributed by atoms with Crippen molar-refractivity contribution in [3.05, 3.63) is 179 Å². The maximum absolute atomic E-state index is 5.39. The van der Waals surface area contributed by atoms with Crippen LogP contribution in [-0.2, 0) is 10.8 Å². The Hall–Kier alpha value is -4.23. The van der Waals surface area contributed by atoms with Gasteiger partial charge in [0.25, 0.3) is 0 Å². The molecule has 0 saturated heterocycles. The first-order valence-electron chi connectivity index (χ1n) is 12.2. The Labute approximate surface area is 207 Å². The van der Waals surface area contributed by atoms with Crippen molar-refractivity contribution in [2.75, 3.05) is 0 Å². The predicted molar refractivity (Wildman–Crippen MR) is 145 cm³/mol. The van der Waals surface area contributed by atoms with Crippen molar-refractivity contribution < 1.29 is 0 Å². The summed E-state index contributed by atoms with van der Waals surface area (Å²) in [6.45, 7) is 0. The van der Waals surface area contributed by atoms with Crippen molar-refractivity contribution in [2.24, 2.45) is 4.99 Å². The first kappa shape index (κ1) is 21.3. The molecule has 1 heteroatoms. The molecule has 6 rings (SSSR count). The molecule has 0 unspecified atom stereocenters. The minimum absolute atomic E-state index is 0.00944. The number of hydrogen-bond acceptors (Lipinski definition) is 1. The molecule has 0 aliphatic heterocycles. The number of rotatable bonds is 6. The fourth-order valence-corrected chi connectivity index (χ4v) is 6.06. The van der Waals surface area contributed by atoms with E-state index < -0.39 is 0 Å². The highest BCUT2D eigenvalue weighted by Gasteiger charge is 2.79. The second-order valence-corrected chi connectivity index (χ2v) is 9.17. The van der Waals surface area contributed by atoms with Crippen LogP contribution in [-0.4, -0.2) is 12.3 Å². The van der Waals surface area contributed by atoms with Gasteiger partial charge in [0.15, 0.2) is 0 Å². The molecule has 35 heavy (non-hydrogen) atoms. The molecule has 0 bridgehead atoms. The summed E-state index contributed by atoms with van der Waals surface area (Å²) in [6.07, 6.45) is 2.05. The summed E-state index contributed by atoms with van der Waals surface area (Å²) in [6, 6.07) is 54.1. The summed E-state index contributed by atoms with van der Waals surface area (Å²) in [5, 5.41) is 0. The lowest BCUT2D eigenvalue weighted by Gasteiger charge is -2.27. The van der Waals surface area contributed by atoms with Crippen LogP contribution >= 0.6 is 0 Å². The largest absolute Gasteiger partial charge is 0.287 e. The van der Waals surface area contributed by atoms with E-state index in [4.69, 9.17) is 4.99 Å². The molecule has 0 heterocycles. The van der Waals surface area contributed by atoms with Crippen LogP contribution < -0.4 is 0 Å². The quantitative estimate of drug-likeness (QED) is 0.239. The van der Waals surface area contributed by atoms with Crippen molar-refractivity contribution in [1.29, 1.82) is 0 Å². The Morgan fingerprint density at radius 1 is 0.400 bits per heavy atom. The monoisotopic (exact) mass is 449 g/mol. The van der Waals surface area contributed by atoms with Crippen LogP contribution in [0.1, 0.15) is 27.8 Å². The molecular weight excluding hydrogens is 422 g/mol. The highest BCUT2D eigenvalue weighted by molar-refractivity contribution is 5.82. The van der Waals surface area contributed by atoms with Gasteiger partial charge in [0.1, 0.15) is 0 Å². The zero-order valence-electron chi connectivity index (χ0n) is 19.5. The number of nitrogens with zero attached hydrogens (tertiary/aromatic N) is 1. The lowest BCUT2D eigenvalue weighted by atomic mass is 9.74. The van der Waals surface area contributed by atoms with E-state index in [-0.39, 0.29) is 16.9 Å². The van der Waals surface area contributed by atoms with E-state index in [1.807, 2.05) is 6.07 Å². The average Bonchev–Trinajstić information content (AvgIpc) is 3.59. The highest BCUT2D eigenvalue weighted by atomic mass is 15.0. The molecule has 0 amide bonds. The minimum Gasteiger partial charge on any atom is -0.287 e. The molecule has 5 aromatic carbocycles. The molecule has 0 aromatic heterocycles. The molecule has 168 valence electrons. The lowest BCUT2D eigenvalue weighted by molar-refractivity contribution is 0.690. The predicted octanol–water partition coefficient (Wildman–Crippen LogP) is 7.46. The van der Waals surface area contributed by atoms with E-state index in [2.05, 4.69) is 152 Å². The summed E-state index contributed by atoms with van der Waals surface area (Å²) < 4.78 is 0. The van der Waals surface area contributed by atoms with E-state index >= 15 is 0 Å². The van der Waals surface area contributed by atoms with Crippen molar-refractivity contribution in [3.63, 3.8) is 0 Å². The maximum Gasteiger partial charge on any atom is 0.0799 e. The topological polar surface area (TPSA) is 12.4 Å². The van der Waals surface area contributed by atoms with Gasteiger partial charge in [-0.2, -0.15) is 0 Å². The smallest absolute Gasteiger partial charge is 0.0799 e. The third-order valence-electron chi connectivity index (χ3n) is 7.45. The van der Waals surface area contributed by atoms with Gasteiger partial charge in [-0.15, -0.1) is 0 Å². The van der Waals surface area contributed by atoms with Gasteiger partial charge >= 0.3 is 0 Å². The Morgan fingerprint density at radius 3 is 1.00 bits per heavy atom. The molecule has 0 spiro atoms. The zero-order chi connectivity index (χ0) is 23.6. The van der Waals surface area contributed by atoms with Gasteiger partial charge in [-0.1, -0.05) is 152 Å². The molecule has 1 nitrogen and oxygen atoms in total. The third kappa shape index (κ3) is 3.27. The summed E-state index contributed by atoms with van der Waals surface area (Å²) in [4.78, 5) is 5.39. The molecule has 0 radical (unpaired) electrons. The fourth-order valence-electron chi connectivity index (χ4n) is 6.06. The van der Waals surface area contributed by atoms with Crippen LogP contribution in [0.3, 0.4) is 0 Å². The first-order chi connectivity index (χ1) is 17.4. The molecule has 0 atom stereocenters. The van der Waals surface area contributed by atoms with Gasteiger partial charge in [0.2, 0.25) is 0 Å². The fraction of sp³-hybridized carbons (Fsp3) is 0.0882. The van der Waals surface area contributed by atoms with Crippen LogP contribution in [0.5, 0.6) is 0 Å². The van der Waals surface area contributed by atoms with Crippen molar-refractivity contribution in [2.45, 2.75) is 16.9 Å². The highest BCUT2D eigenvalue weighted by Crippen LogP contribution is 2.73. The standard InChI is InChI=1S/C34H27N/c1-6-16-27(17-7-1)26-35-32-33(28-18-8-2-9-19-28,29-20-10-3-11-21-29)34(32,30-22-12-4-13-23-30)31-24-14-5-15-25-31/h1-26,32H. The van der Waals surface area contributed by atoms with Gasteiger partial charge in [-0.25, -0.2) is 0 Å². The van der Waals surface area contributed by atoms with Gasteiger partial charge < -0.3 is 0 Å². The summed E-state index contributed by atoms with van der Waals surface area (Å²) >= 11 is 0. The first-order valence-corrected chi connectivity index (χ1v) is 12.2. The Bertz CT molecular complexity index is 1240. The number of aliphatic imine (C=N–C) groups is 1. The molecule has 1 aliphatic rings.